The zero-order chi connectivity index (χ0) is 12.4. The molecule has 2 N–H and O–H groups in total. The molecule has 0 aromatic carbocycles. The maximum absolute atomic E-state index is 10.3. The number of ether oxygens (including phenoxy) is 1. The SMILES string of the molecule is OC1(c2nc(CC3CCCCO3)no2)CCNC1. The molecule has 0 bridgehead atoms. The van der Waals surface area contributed by atoms with E-state index in [0.717, 1.165) is 26.0 Å². The Morgan fingerprint density at radius 2 is 2.39 bits per heavy atom. The standard InChI is InChI=1S/C12H19N3O3/c16-12(4-5-13-8-12)11-14-10(15-18-11)7-9-3-1-2-6-17-9/h9,13,16H,1-8H2. The Morgan fingerprint density at radius 3 is 3.11 bits per heavy atom. The summed E-state index contributed by atoms with van der Waals surface area (Å²) >= 11 is 0. The van der Waals surface area contributed by atoms with Crippen molar-refractivity contribution in [3.8, 4) is 0 Å². The molecular weight excluding hydrogens is 234 g/mol. The lowest BCUT2D eigenvalue weighted by Crippen LogP contribution is -2.29. The third kappa shape index (κ3) is 2.41. The quantitative estimate of drug-likeness (QED) is 0.809. The summed E-state index contributed by atoms with van der Waals surface area (Å²) in [5.41, 5.74) is -0.987. The van der Waals surface area contributed by atoms with Crippen molar-refractivity contribution in [2.24, 2.45) is 0 Å². The molecule has 0 aliphatic carbocycles. The fourth-order valence-electron chi connectivity index (χ4n) is 2.56. The Morgan fingerprint density at radius 1 is 1.44 bits per heavy atom. The number of hydrogen-bond acceptors (Lipinski definition) is 6. The van der Waals surface area contributed by atoms with Crippen LogP contribution in [0.4, 0.5) is 0 Å². The van der Waals surface area contributed by atoms with E-state index in [9.17, 15) is 5.11 Å². The van der Waals surface area contributed by atoms with Gasteiger partial charge in [-0.1, -0.05) is 5.16 Å². The summed E-state index contributed by atoms with van der Waals surface area (Å²) in [6, 6.07) is 0. The topological polar surface area (TPSA) is 80.4 Å². The highest BCUT2D eigenvalue weighted by Crippen LogP contribution is 2.26. The second kappa shape index (κ2) is 4.95. The lowest BCUT2D eigenvalue weighted by molar-refractivity contribution is 0.0153. The van der Waals surface area contributed by atoms with Crippen molar-refractivity contribution < 1.29 is 14.4 Å². The van der Waals surface area contributed by atoms with Crippen molar-refractivity contribution in [1.82, 2.24) is 15.5 Å². The molecule has 18 heavy (non-hydrogen) atoms. The van der Waals surface area contributed by atoms with Gasteiger partial charge in [-0.2, -0.15) is 4.98 Å². The molecule has 2 unspecified atom stereocenters. The average Bonchev–Trinajstić information content (AvgIpc) is 3.01. The summed E-state index contributed by atoms with van der Waals surface area (Å²) in [6.07, 6.45) is 4.88. The molecule has 6 heteroatoms. The van der Waals surface area contributed by atoms with Gasteiger partial charge < -0.3 is 19.7 Å². The van der Waals surface area contributed by atoms with E-state index in [1.54, 1.807) is 0 Å². The predicted molar refractivity (Wildman–Crippen MR) is 63.0 cm³/mol. The van der Waals surface area contributed by atoms with E-state index in [2.05, 4.69) is 15.5 Å². The molecule has 1 aromatic heterocycles. The van der Waals surface area contributed by atoms with E-state index < -0.39 is 5.60 Å². The Bertz CT molecular complexity index is 395. The molecule has 2 aliphatic heterocycles. The Kier molecular flexibility index (Phi) is 3.32. The molecule has 1 aromatic rings. The van der Waals surface area contributed by atoms with E-state index in [-0.39, 0.29) is 6.10 Å². The Labute approximate surface area is 106 Å². The van der Waals surface area contributed by atoms with E-state index >= 15 is 0 Å². The number of nitrogens with zero attached hydrogens (tertiary/aromatic N) is 2. The van der Waals surface area contributed by atoms with Gasteiger partial charge in [0.1, 0.15) is 0 Å². The van der Waals surface area contributed by atoms with Gasteiger partial charge in [0.15, 0.2) is 11.4 Å². The van der Waals surface area contributed by atoms with E-state index in [1.165, 1.54) is 6.42 Å². The Hall–Kier alpha value is -0.980. The zero-order valence-corrected chi connectivity index (χ0v) is 10.4. The number of hydrogen-bond donors (Lipinski definition) is 2. The van der Waals surface area contributed by atoms with Gasteiger partial charge in [-0.15, -0.1) is 0 Å². The first kappa shape index (κ1) is 12.1. The monoisotopic (exact) mass is 253 g/mol. The van der Waals surface area contributed by atoms with E-state index in [4.69, 9.17) is 9.26 Å². The van der Waals surface area contributed by atoms with Crippen molar-refractivity contribution in [1.29, 1.82) is 0 Å². The molecule has 6 nitrogen and oxygen atoms in total. The van der Waals surface area contributed by atoms with Crippen LogP contribution in [0.25, 0.3) is 0 Å². The number of aromatic nitrogens is 2. The van der Waals surface area contributed by atoms with Crippen LogP contribution < -0.4 is 5.32 Å². The van der Waals surface area contributed by atoms with Crippen molar-refractivity contribution in [2.45, 2.75) is 43.8 Å². The van der Waals surface area contributed by atoms with Crippen LogP contribution in [0, 0.1) is 0 Å². The van der Waals surface area contributed by atoms with Gasteiger partial charge in [0.05, 0.1) is 6.10 Å². The molecular formula is C12H19N3O3. The highest BCUT2D eigenvalue weighted by atomic mass is 16.5. The first-order chi connectivity index (χ1) is 8.76. The van der Waals surface area contributed by atoms with Gasteiger partial charge in [-0.05, 0) is 32.2 Å². The van der Waals surface area contributed by atoms with Gasteiger partial charge in [0.25, 0.3) is 5.89 Å². The molecule has 0 spiro atoms. The fraction of sp³-hybridized carbons (Fsp3) is 0.833. The number of aliphatic hydroxyl groups is 1. The second-order valence-electron chi connectivity index (χ2n) is 5.17. The molecule has 2 saturated heterocycles. The summed E-state index contributed by atoms with van der Waals surface area (Å²) in [7, 11) is 0. The van der Waals surface area contributed by atoms with Crippen molar-refractivity contribution in [2.75, 3.05) is 19.7 Å². The lowest BCUT2D eigenvalue weighted by Gasteiger charge is -2.20. The molecule has 3 heterocycles. The van der Waals surface area contributed by atoms with E-state index in [0.29, 0.717) is 31.1 Å². The van der Waals surface area contributed by atoms with Crippen LogP contribution >= 0.6 is 0 Å². The molecule has 2 atom stereocenters. The molecule has 2 aliphatic rings. The van der Waals surface area contributed by atoms with Gasteiger partial charge in [-0.3, -0.25) is 0 Å². The van der Waals surface area contributed by atoms with Crippen LogP contribution in [-0.2, 0) is 16.8 Å². The molecule has 100 valence electrons. The minimum Gasteiger partial charge on any atom is -0.379 e. The normalized spacial score (nSPS) is 32.8. The van der Waals surface area contributed by atoms with Crippen molar-refractivity contribution in [3.05, 3.63) is 11.7 Å². The van der Waals surface area contributed by atoms with Gasteiger partial charge >= 0.3 is 0 Å². The maximum Gasteiger partial charge on any atom is 0.259 e. The first-order valence-corrected chi connectivity index (χ1v) is 6.64. The van der Waals surface area contributed by atoms with E-state index in [1.807, 2.05) is 0 Å². The first-order valence-electron chi connectivity index (χ1n) is 6.64. The number of rotatable bonds is 3. The van der Waals surface area contributed by atoms with Crippen molar-refractivity contribution >= 4 is 0 Å². The minimum absolute atomic E-state index is 0.195. The molecule has 2 fully saturated rings. The van der Waals surface area contributed by atoms with Gasteiger partial charge in [0, 0.05) is 19.6 Å². The van der Waals surface area contributed by atoms with Crippen molar-refractivity contribution in [3.63, 3.8) is 0 Å². The molecule has 0 radical (unpaired) electrons. The average molecular weight is 253 g/mol. The largest absolute Gasteiger partial charge is 0.379 e. The summed E-state index contributed by atoms with van der Waals surface area (Å²) in [4.78, 5) is 4.31. The second-order valence-corrected chi connectivity index (χ2v) is 5.17. The molecule has 3 rings (SSSR count). The maximum atomic E-state index is 10.3. The highest BCUT2D eigenvalue weighted by Gasteiger charge is 2.38. The third-order valence-electron chi connectivity index (χ3n) is 3.68. The summed E-state index contributed by atoms with van der Waals surface area (Å²) in [6.45, 7) is 2.08. The predicted octanol–water partition coefficient (Wildman–Crippen LogP) is 0.362. The minimum atomic E-state index is -0.987. The Balaban J connectivity index is 1.65. The fourth-order valence-corrected chi connectivity index (χ4v) is 2.56. The molecule has 0 amide bonds. The highest BCUT2D eigenvalue weighted by molar-refractivity contribution is 5.04. The van der Waals surface area contributed by atoms with Crippen LogP contribution in [0.5, 0.6) is 0 Å². The van der Waals surface area contributed by atoms with Crippen LogP contribution in [-0.4, -0.2) is 41.0 Å². The van der Waals surface area contributed by atoms with Gasteiger partial charge in [0.2, 0.25) is 0 Å². The smallest absolute Gasteiger partial charge is 0.259 e. The summed E-state index contributed by atoms with van der Waals surface area (Å²) in [5.74, 6) is 0.968. The lowest BCUT2D eigenvalue weighted by atomic mass is 10.0. The third-order valence-corrected chi connectivity index (χ3v) is 3.68. The van der Waals surface area contributed by atoms with Crippen LogP contribution in [0.2, 0.25) is 0 Å². The van der Waals surface area contributed by atoms with Crippen LogP contribution in [0.15, 0.2) is 4.52 Å². The summed E-state index contributed by atoms with van der Waals surface area (Å²) < 4.78 is 10.8. The van der Waals surface area contributed by atoms with Gasteiger partial charge in [-0.25, -0.2) is 0 Å². The van der Waals surface area contributed by atoms with Crippen LogP contribution in [0.3, 0.4) is 0 Å². The molecule has 0 saturated carbocycles. The van der Waals surface area contributed by atoms with Crippen LogP contribution in [0.1, 0.15) is 37.4 Å². The number of nitrogens with one attached hydrogen (secondary N) is 1. The number of β-amino-alcohol motifs (C(OH)–C–C–N with tert-alkyl or cyclic N) is 1. The zero-order valence-electron chi connectivity index (χ0n) is 10.4. The summed E-state index contributed by atoms with van der Waals surface area (Å²) in [5, 5.41) is 17.3.